The number of hydrogen-bond acceptors (Lipinski definition) is 4. The van der Waals surface area contributed by atoms with E-state index >= 15 is 0 Å². The lowest BCUT2D eigenvalue weighted by Crippen LogP contribution is -2.40. The van der Waals surface area contributed by atoms with E-state index in [4.69, 9.17) is 9.88 Å². The van der Waals surface area contributed by atoms with E-state index in [-0.39, 0.29) is 16.6 Å². The van der Waals surface area contributed by atoms with Crippen LogP contribution in [0.4, 0.5) is 0 Å². The SMILES string of the molecule is CCN(CC)C(=O)C(C)Oc1ccc(C)cc1S(N)(=O)=O. The molecule has 118 valence electrons. The molecule has 0 saturated heterocycles. The van der Waals surface area contributed by atoms with Crippen LogP contribution in [0.2, 0.25) is 0 Å². The number of primary sulfonamides is 1. The van der Waals surface area contributed by atoms with Crippen molar-refractivity contribution in [2.24, 2.45) is 5.14 Å². The van der Waals surface area contributed by atoms with E-state index in [1.165, 1.54) is 12.1 Å². The van der Waals surface area contributed by atoms with Crippen molar-refractivity contribution >= 4 is 15.9 Å². The van der Waals surface area contributed by atoms with Crippen LogP contribution in [-0.4, -0.2) is 38.4 Å². The highest BCUT2D eigenvalue weighted by atomic mass is 32.2. The molecule has 0 spiro atoms. The van der Waals surface area contributed by atoms with Crippen molar-refractivity contribution in [1.29, 1.82) is 0 Å². The van der Waals surface area contributed by atoms with Crippen LogP contribution in [0.25, 0.3) is 0 Å². The van der Waals surface area contributed by atoms with Crippen LogP contribution in [0, 0.1) is 6.92 Å². The van der Waals surface area contributed by atoms with E-state index in [0.29, 0.717) is 13.1 Å². The van der Waals surface area contributed by atoms with Gasteiger partial charge >= 0.3 is 0 Å². The van der Waals surface area contributed by atoms with Crippen molar-refractivity contribution in [2.75, 3.05) is 13.1 Å². The number of sulfonamides is 1. The van der Waals surface area contributed by atoms with Crippen LogP contribution in [-0.2, 0) is 14.8 Å². The first kappa shape index (κ1) is 17.5. The molecule has 0 aliphatic carbocycles. The fraction of sp³-hybridized carbons (Fsp3) is 0.500. The maximum absolute atomic E-state index is 12.2. The van der Waals surface area contributed by atoms with Gasteiger partial charge in [-0.25, -0.2) is 13.6 Å². The summed E-state index contributed by atoms with van der Waals surface area (Å²) >= 11 is 0. The third-order valence-corrected chi connectivity index (χ3v) is 4.06. The summed E-state index contributed by atoms with van der Waals surface area (Å²) in [6, 6.07) is 4.65. The molecule has 1 aromatic carbocycles. The van der Waals surface area contributed by atoms with E-state index < -0.39 is 16.1 Å². The molecule has 0 aromatic heterocycles. The predicted octanol–water partition coefficient (Wildman–Crippen LogP) is 1.28. The van der Waals surface area contributed by atoms with E-state index in [9.17, 15) is 13.2 Å². The van der Waals surface area contributed by atoms with E-state index in [1.54, 1.807) is 24.8 Å². The third kappa shape index (κ3) is 4.44. The van der Waals surface area contributed by atoms with Crippen molar-refractivity contribution in [3.8, 4) is 5.75 Å². The molecule has 0 bridgehead atoms. The Balaban J connectivity index is 3.06. The maximum Gasteiger partial charge on any atom is 0.263 e. The molecule has 2 N–H and O–H groups in total. The molecule has 1 unspecified atom stereocenters. The Morgan fingerprint density at radius 2 is 1.90 bits per heavy atom. The molecule has 0 heterocycles. The van der Waals surface area contributed by atoms with Gasteiger partial charge in [0.15, 0.2) is 6.10 Å². The average Bonchev–Trinajstić information content (AvgIpc) is 2.40. The minimum atomic E-state index is -3.91. The number of aryl methyl sites for hydroxylation is 1. The fourth-order valence-electron chi connectivity index (χ4n) is 1.97. The third-order valence-electron chi connectivity index (χ3n) is 3.13. The van der Waals surface area contributed by atoms with Gasteiger partial charge in [0.1, 0.15) is 10.6 Å². The van der Waals surface area contributed by atoms with Crippen LogP contribution in [0.3, 0.4) is 0 Å². The molecule has 0 radical (unpaired) electrons. The van der Waals surface area contributed by atoms with Crippen molar-refractivity contribution in [1.82, 2.24) is 4.90 Å². The largest absolute Gasteiger partial charge is 0.479 e. The molecule has 0 fully saturated rings. The molecule has 1 atom stereocenters. The van der Waals surface area contributed by atoms with E-state index in [2.05, 4.69) is 0 Å². The second kappa shape index (κ2) is 6.91. The monoisotopic (exact) mass is 314 g/mol. The van der Waals surface area contributed by atoms with Gasteiger partial charge in [0.2, 0.25) is 10.0 Å². The van der Waals surface area contributed by atoms with Crippen LogP contribution in [0.15, 0.2) is 23.1 Å². The molecule has 1 aromatic rings. The zero-order valence-corrected chi connectivity index (χ0v) is 13.6. The van der Waals surface area contributed by atoms with Crippen LogP contribution >= 0.6 is 0 Å². The molecular formula is C14H22N2O4S. The Morgan fingerprint density at radius 1 is 1.33 bits per heavy atom. The lowest BCUT2D eigenvalue weighted by atomic mass is 10.2. The molecule has 0 saturated carbocycles. The lowest BCUT2D eigenvalue weighted by molar-refractivity contribution is -0.137. The highest BCUT2D eigenvalue weighted by Crippen LogP contribution is 2.25. The van der Waals surface area contributed by atoms with Gasteiger partial charge in [-0.1, -0.05) is 6.07 Å². The number of nitrogens with zero attached hydrogens (tertiary/aromatic N) is 1. The second-order valence-electron chi connectivity index (χ2n) is 4.77. The second-order valence-corrected chi connectivity index (χ2v) is 6.30. The van der Waals surface area contributed by atoms with Crippen molar-refractivity contribution < 1.29 is 17.9 Å². The summed E-state index contributed by atoms with van der Waals surface area (Å²) in [5.41, 5.74) is 0.745. The Labute approximate surface area is 125 Å². The number of likely N-dealkylation sites (N-methyl/N-ethyl adjacent to an activating group) is 1. The Morgan fingerprint density at radius 3 is 2.38 bits per heavy atom. The summed E-state index contributed by atoms with van der Waals surface area (Å²) in [6.07, 6.45) is -0.784. The topological polar surface area (TPSA) is 89.7 Å². The lowest BCUT2D eigenvalue weighted by Gasteiger charge is -2.24. The number of rotatable bonds is 6. The summed E-state index contributed by atoms with van der Waals surface area (Å²) in [6.45, 7) is 8.22. The van der Waals surface area contributed by atoms with Gasteiger partial charge < -0.3 is 9.64 Å². The molecule has 0 aliphatic rings. The summed E-state index contributed by atoms with van der Waals surface area (Å²) < 4.78 is 28.7. The predicted molar refractivity (Wildman–Crippen MR) is 80.6 cm³/mol. The number of nitrogens with two attached hydrogens (primary N) is 1. The van der Waals surface area contributed by atoms with Gasteiger partial charge in [0.25, 0.3) is 5.91 Å². The summed E-state index contributed by atoms with van der Waals surface area (Å²) in [7, 11) is -3.91. The number of ether oxygens (including phenoxy) is 1. The first-order valence-corrected chi connectivity index (χ1v) is 8.34. The van der Waals surface area contributed by atoms with Gasteiger partial charge in [0.05, 0.1) is 0 Å². The summed E-state index contributed by atoms with van der Waals surface area (Å²) in [4.78, 5) is 13.7. The summed E-state index contributed by atoms with van der Waals surface area (Å²) in [5, 5.41) is 5.19. The van der Waals surface area contributed by atoms with Crippen molar-refractivity contribution in [3.05, 3.63) is 23.8 Å². The van der Waals surface area contributed by atoms with Gasteiger partial charge in [-0.3, -0.25) is 4.79 Å². The number of hydrogen-bond donors (Lipinski definition) is 1. The van der Waals surface area contributed by atoms with Gasteiger partial charge in [0, 0.05) is 13.1 Å². The van der Waals surface area contributed by atoms with E-state index in [1.807, 2.05) is 13.8 Å². The number of amides is 1. The standard InChI is InChI=1S/C14H22N2O4S/c1-5-16(6-2)14(17)11(4)20-12-8-7-10(3)9-13(12)21(15,18)19/h7-9,11H,5-6H2,1-4H3,(H2,15,18,19). The van der Waals surface area contributed by atoms with Gasteiger partial charge in [-0.05, 0) is 45.4 Å². The highest BCUT2D eigenvalue weighted by molar-refractivity contribution is 7.89. The molecular weight excluding hydrogens is 292 g/mol. The van der Waals surface area contributed by atoms with Crippen LogP contribution in [0.5, 0.6) is 5.75 Å². The van der Waals surface area contributed by atoms with Gasteiger partial charge in [-0.15, -0.1) is 0 Å². The van der Waals surface area contributed by atoms with Crippen LogP contribution < -0.4 is 9.88 Å². The Hall–Kier alpha value is -1.60. The minimum Gasteiger partial charge on any atom is -0.479 e. The van der Waals surface area contributed by atoms with Crippen molar-refractivity contribution in [2.45, 2.75) is 38.7 Å². The fourth-order valence-corrected chi connectivity index (χ4v) is 2.71. The van der Waals surface area contributed by atoms with E-state index in [0.717, 1.165) is 5.56 Å². The molecule has 7 heteroatoms. The molecule has 6 nitrogen and oxygen atoms in total. The molecule has 1 amide bonds. The normalized spacial score (nSPS) is 12.8. The number of carbonyl (C=O) groups excluding carboxylic acids is 1. The first-order chi connectivity index (χ1) is 9.70. The maximum atomic E-state index is 12.2. The average molecular weight is 314 g/mol. The number of carbonyl (C=O) groups is 1. The van der Waals surface area contributed by atoms with Gasteiger partial charge in [-0.2, -0.15) is 0 Å². The Kier molecular flexibility index (Phi) is 5.74. The quantitative estimate of drug-likeness (QED) is 0.856. The molecule has 0 aliphatic heterocycles. The van der Waals surface area contributed by atoms with Crippen LogP contribution in [0.1, 0.15) is 26.3 Å². The van der Waals surface area contributed by atoms with Crippen molar-refractivity contribution in [3.63, 3.8) is 0 Å². The minimum absolute atomic E-state index is 0.0936. The molecule has 21 heavy (non-hydrogen) atoms. The molecule has 1 rings (SSSR count). The Bertz CT molecular complexity index is 609. The zero-order chi connectivity index (χ0) is 16.2. The summed E-state index contributed by atoms with van der Waals surface area (Å²) in [5.74, 6) is -0.1000. The zero-order valence-electron chi connectivity index (χ0n) is 12.8. The number of benzene rings is 1. The first-order valence-electron chi connectivity index (χ1n) is 6.79. The smallest absolute Gasteiger partial charge is 0.263 e. The highest BCUT2D eigenvalue weighted by Gasteiger charge is 2.23.